The second-order valence-electron chi connectivity index (χ2n) is 8.33. The third-order valence-electron chi connectivity index (χ3n) is 5.42. The molecule has 7 nitrogen and oxygen atoms in total. The van der Waals surface area contributed by atoms with Crippen LogP contribution in [-0.4, -0.2) is 24.0 Å². The fourth-order valence-corrected chi connectivity index (χ4v) is 3.88. The summed E-state index contributed by atoms with van der Waals surface area (Å²) in [6.07, 6.45) is 7.44. The monoisotopic (exact) mass is 593 g/mol. The van der Waals surface area contributed by atoms with Gasteiger partial charge in [0, 0.05) is 22.2 Å². The summed E-state index contributed by atoms with van der Waals surface area (Å²) in [4.78, 5) is 37.7. The molecule has 0 saturated carbocycles. The predicted molar refractivity (Wildman–Crippen MR) is 161 cm³/mol. The first-order valence-corrected chi connectivity index (χ1v) is 13.0. The minimum absolute atomic E-state index is 0.230. The van der Waals surface area contributed by atoms with Crippen molar-refractivity contribution in [1.82, 2.24) is 5.43 Å². The first-order valence-electron chi connectivity index (χ1n) is 12.2. The van der Waals surface area contributed by atoms with Crippen molar-refractivity contribution >= 4 is 57.8 Å². The largest absolute Gasteiger partial charge is 0.423 e. The van der Waals surface area contributed by atoms with Gasteiger partial charge in [-0.2, -0.15) is 5.10 Å². The maximum Gasteiger partial charge on any atom is 0.336 e. The number of nitrogens with one attached hydrogen (secondary N) is 2. The zero-order valence-electron chi connectivity index (χ0n) is 21.2. The predicted octanol–water partition coefficient (Wildman–Crippen LogP) is 6.48. The van der Waals surface area contributed by atoms with Crippen molar-refractivity contribution < 1.29 is 19.1 Å². The van der Waals surface area contributed by atoms with Crippen LogP contribution in [0.25, 0.3) is 12.2 Å². The van der Waals surface area contributed by atoms with Crippen LogP contribution in [0.4, 0.5) is 5.69 Å². The van der Waals surface area contributed by atoms with Crippen molar-refractivity contribution in [3.63, 3.8) is 0 Å². The molecule has 0 radical (unpaired) electrons. The quantitative estimate of drug-likeness (QED) is 0.0762. The molecule has 0 aromatic heterocycles. The fourth-order valence-electron chi connectivity index (χ4n) is 3.51. The van der Waals surface area contributed by atoms with E-state index >= 15 is 0 Å². The van der Waals surface area contributed by atoms with Crippen LogP contribution >= 0.6 is 15.9 Å². The third kappa shape index (κ3) is 8.47. The minimum Gasteiger partial charge on any atom is -0.423 e. The summed E-state index contributed by atoms with van der Waals surface area (Å²) < 4.78 is 6.21. The Kier molecular flexibility index (Phi) is 9.90. The topological polar surface area (TPSA) is 96.9 Å². The normalized spacial score (nSPS) is 11.1. The highest BCUT2D eigenvalue weighted by molar-refractivity contribution is 9.10. The summed E-state index contributed by atoms with van der Waals surface area (Å²) >= 11 is 3.39. The standard InChI is InChI=1S/C32H24BrN3O4/c33-26-17-18-29(40-31(38)20-16-24-11-5-2-6-12-24)25(21-26)22-34-36-32(39)27-13-7-8-14-28(27)35-30(37)19-15-23-9-3-1-4-10-23/h1-22H,(H,35,37)(H,36,39)/b19-15+,20-16+,34-22-. The van der Waals surface area contributed by atoms with E-state index in [9.17, 15) is 14.4 Å². The van der Waals surface area contributed by atoms with Gasteiger partial charge in [0.25, 0.3) is 5.91 Å². The van der Waals surface area contributed by atoms with E-state index in [1.807, 2.05) is 60.7 Å². The molecule has 4 rings (SSSR count). The molecule has 0 atom stereocenters. The summed E-state index contributed by atoms with van der Waals surface area (Å²) in [6, 6.07) is 30.4. The maximum absolute atomic E-state index is 12.9. The lowest BCUT2D eigenvalue weighted by atomic mass is 10.1. The molecule has 0 saturated heterocycles. The smallest absolute Gasteiger partial charge is 0.336 e. The van der Waals surface area contributed by atoms with Crippen molar-refractivity contribution in [1.29, 1.82) is 0 Å². The molecule has 40 heavy (non-hydrogen) atoms. The summed E-state index contributed by atoms with van der Waals surface area (Å²) in [7, 11) is 0. The number of para-hydroxylation sites is 1. The Bertz CT molecular complexity index is 1580. The lowest BCUT2D eigenvalue weighted by Gasteiger charge is -2.09. The summed E-state index contributed by atoms with van der Waals surface area (Å²) in [6.45, 7) is 0. The van der Waals surface area contributed by atoms with Gasteiger partial charge < -0.3 is 10.1 Å². The Morgan fingerprint density at radius 3 is 2.08 bits per heavy atom. The number of nitrogens with zero attached hydrogens (tertiary/aromatic N) is 1. The number of ether oxygens (including phenoxy) is 1. The van der Waals surface area contributed by atoms with E-state index in [2.05, 4.69) is 31.8 Å². The minimum atomic E-state index is -0.559. The van der Waals surface area contributed by atoms with Crippen LogP contribution in [0.2, 0.25) is 0 Å². The molecule has 0 heterocycles. The Labute approximate surface area is 240 Å². The van der Waals surface area contributed by atoms with Gasteiger partial charge in [0.1, 0.15) is 5.75 Å². The van der Waals surface area contributed by atoms with Crippen molar-refractivity contribution in [2.24, 2.45) is 5.10 Å². The molecule has 0 unspecified atom stereocenters. The first kappa shape index (κ1) is 27.9. The third-order valence-corrected chi connectivity index (χ3v) is 5.91. The molecule has 4 aromatic carbocycles. The van der Waals surface area contributed by atoms with Crippen molar-refractivity contribution in [2.75, 3.05) is 5.32 Å². The number of carbonyl (C=O) groups excluding carboxylic acids is 3. The Morgan fingerprint density at radius 1 is 0.750 bits per heavy atom. The van der Waals surface area contributed by atoms with E-state index in [0.29, 0.717) is 11.3 Å². The van der Waals surface area contributed by atoms with Crippen molar-refractivity contribution in [2.45, 2.75) is 0 Å². The van der Waals surface area contributed by atoms with Gasteiger partial charge in [0.2, 0.25) is 5.91 Å². The van der Waals surface area contributed by atoms with E-state index in [1.165, 1.54) is 18.4 Å². The second-order valence-corrected chi connectivity index (χ2v) is 9.24. The number of benzene rings is 4. The molecule has 198 valence electrons. The molecule has 8 heteroatoms. The zero-order valence-corrected chi connectivity index (χ0v) is 22.7. The molecule has 2 N–H and O–H groups in total. The molecule has 0 spiro atoms. The molecule has 0 bridgehead atoms. The summed E-state index contributed by atoms with van der Waals surface area (Å²) in [5.74, 6) is -1.20. The maximum atomic E-state index is 12.9. The molecule has 0 aliphatic carbocycles. The Balaban J connectivity index is 1.41. The van der Waals surface area contributed by atoms with Gasteiger partial charge in [-0.05, 0) is 53.6 Å². The number of amides is 2. The SMILES string of the molecule is O=C(/C=C/c1ccccc1)Nc1ccccc1C(=O)N/N=C\c1cc(Br)ccc1OC(=O)/C=C/c1ccccc1. The average Bonchev–Trinajstić information content (AvgIpc) is 2.97. The number of esters is 1. The van der Waals surface area contributed by atoms with Gasteiger partial charge >= 0.3 is 5.97 Å². The molecule has 0 aliphatic heterocycles. The van der Waals surface area contributed by atoms with Crippen molar-refractivity contribution in [3.8, 4) is 5.75 Å². The van der Waals surface area contributed by atoms with Crippen LogP contribution in [0.5, 0.6) is 5.75 Å². The van der Waals surface area contributed by atoms with E-state index < -0.39 is 11.9 Å². The van der Waals surface area contributed by atoms with E-state index in [-0.39, 0.29) is 17.2 Å². The fraction of sp³-hybridized carbons (Fsp3) is 0. The molecule has 2 amide bonds. The van der Waals surface area contributed by atoms with Gasteiger partial charge in [0.05, 0.1) is 17.5 Å². The molecule has 4 aromatic rings. The summed E-state index contributed by atoms with van der Waals surface area (Å²) in [5, 5.41) is 6.76. The second kappa shape index (κ2) is 14.2. The van der Waals surface area contributed by atoms with Gasteiger partial charge in [-0.15, -0.1) is 0 Å². The van der Waals surface area contributed by atoms with Gasteiger partial charge in [-0.3, -0.25) is 9.59 Å². The first-order chi connectivity index (χ1) is 19.5. The number of hydrazone groups is 1. The number of rotatable bonds is 9. The van der Waals surface area contributed by atoms with Gasteiger partial charge in [-0.25, -0.2) is 10.2 Å². The van der Waals surface area contributed by atoms with Gasteiger partial charge in [-0.1, -0.05) is 88.7 Å². The highest BCUT2D eigenvalue weighted by atomic mass is 79.9. The molecular formula is C32H24BrN3O4. The molecular weight excluding hydrogens is 570 g/mol. The Morgan fingerprint density at radius 2 is 1.38 bits per heavy atom. The van der Waals surface area contributed by atoms with Crippen LogP contribution in [0.3, 0.4) is 0 Å². The van der Waals surface area contributed by atoms with Crippen LogP contribution in [0.1, 0.15) is 27.0 Å². The van der Waals surface area contributed by atoms with Crippen molar-refractivity contribution in [3.05, 3.63) is 142 Å². The van der Waals surface area contributed by atoms with E-state index in [1.54, 1.807) is 54.6 Å². The lowest BCUT2D eigenvalue weighted by Crippen LogP contribution is -2.20. The highest BCUT2D eigenvalue weighted by Gasteiger charge is 2.12. The number of halogens is 1. The molecule has 0 fully saturated rings. The number of anilines is 1. The zero-order chi connectivity index (χ0) is 28.2. The lowest BCUT2D eigenvalue weighted by molar-refractivity contribution is -0.128. The molecule has 0 aliphatic rings. The highest BCUT2D eigenvalue weighted by Crippen LogP contribution is 2.22. The van der Waals surface area contributed by atoms with Crippen LogP contribution in [-0.2, 0) is 9.59 Å². The van der Waals surface area contributed by atoms with E-state index in [4.69, 9.17) is 4.74 Å². The Hall–Kier alpha value is -5.08. The summed E-state index contributed by atoms with van der Waals surface area (Å²) in [5.41, 5.74) is 5.22. The van der Waals surface area contributed by atoms with Crippen LogP contribution in [0.15, 0.2) is 125 Å². The van der Waals surface area contributed by atoms with Gasteiger partial charge in [0.15, 0.2) is 0 Å². The van der Waals surface area contributed by atoms with Crippen LogP contribution < -0.4 is 15.5 Å². The number of hydrogen-bond donors (Lipinski definition) is 2. The average molecular weight is 594 g/mol. The number of hydrogen-bond acceptors (Lipinski definition) is 5. The van der Waals surface area contributed by atoms with Crippen LogP contribution in [0, 0.1) is 0 Å². The van der Waals surface area contributed by atoms with E-state index in [0.717, 1.165) is 15.6 Å². The number of carbonyl (C=O) groups is 3.